The van der Waals surface area contributed by atoms with E-state index in [1.807, 2.05) is 25.1 Å². The molecule has 0 bridgehead atoms. The first-order valence-electron chi connectivity index (χ1n) is 5.86. The van der Waals surface area contributed by atoms with Crippen LogP contribution in [0.4, 0.5) is 5.69 Å². The number of nitrogens with one attached hydrogen (secondary N) is 1. The fraction of sp³-hybridized carbons (Fsp3) is 0.133. The van der Waals surface area contributed by atoms with Gasteiger partial charge in [0.1, 0.15) is 6.07 Å². The van der Waals surface area contributed by atoms with Crippen LogP contribution >= 0.6 is 0 Å². The quantitative estimate of drug-likeness (QED) is 0.906. The van der Waals surface area contributed by atoms with Crippen LogP contribution in [0.5, 0.6) is 0 Å². The number of hydrogen-bond donors (Lipinski definition) is 1. The summed E-state index contributed by atoms with van der Waals surface area (Å²) in [5, 5.41) is 21.0. The topological polar surface area (TPSA) is 72.5 Å². The van der Waals surface area contributed by atoms with E-state index in [0.717, 1.165) is 5.56 Å². The molecule has 4 heteroatoms. The van der Waals surface area contributed by atoms with Crippen LogP contribution in [-0.2, 0) is 0 Å². The molecule has 1 heterocycles. The monoisotopic (exact) mass is 248 g/mol. The van der Waals surface area contributed by atoms with Crippen molar-refractivity contribution >= 4 is 5.69 Å². The maximum Gasteiger partial charge on any atom is 0.163 e. The molecule has 92 valence electrons. The lowest BCUT2D eigenvalue weighted by Crippen LogP contribution is -2.08. The Labute approximate surface area is 112 Å². The van der Waals surface area contributed by atoms with E-state index in [1.165, 1.54) is 0 Å². The number of hydrogen-bond acceptors (Lipinski definition) is 4. The van der Waals surface area contributed by atoms with Crippen LogP contribution in [0.2, 0.25) is 0 Å². The molecule has 0 saturated heterocycles. The molecular formula is C15H12N4. The summed E-state index contributed by atoms with van der Waals surface area (Å²) < 4.78 is 0. The van der Waals surface area contributed by atoms with Crippen LogP contribution < -0.4 is 5.32 Å². The van der Waals surface area contributed by atoms with Crippen molar-refractivity contribution in [3.05, 3.63) is 59.4 Å². The van der Waals surface area contributed by atoms with Crippen molar-refractivity contribution in [2.45, 2.75) is 13.0 Å². The highest BCUT2D eigenvalue weighted by Crippen LogP contribution is 2.21. The number of aromatic nitrogens is 1. The van der Waals surface area contributed by atoms with Gasteiger partial charge >= 0.3 is 0 Å². The Hall–Kier alpha value is -2.85. The number of pyridine rings is 1. The molecule has 0 radical (unpaired) electrons. The third-order valence-electron chi connectivity index (χ3n) is 2.83. The zero-order valence-corrected chi connectivity index (χ0v) is 10.5. The lowest BCUT2D eigenvalue weighted by molar-refractivity contribution is 0.881. The maximum atomic E-state index is 8.98. The Balaban J connectivity index is 2.19. The Morgan fingerprint density at radius 2 is 1.84 bits per heavy atom. The third-order valence-corrected chi connectivity index (χ3v) is 2.83. The first-order chi connectivity index (χ1) is 9.24. The summed E-state index contributed by atoms with van der Waals surface area (Å²) in [5.74, 6) is 0. The standard InChI is InChI=1S/C15H12N4/c1-11(13-6-4-12(9-16)5-7-13)19-14-3-2-8-18-15(14)10-17/h2-8,11,19H,1H3. The minimum Gasteiger partial charge on any atom is -0.376 e. The molecule has 2 aromatic rings. The van der Waals surface area contributed by atoms with Crippen molar-refractivity contribution in [2.24, 2.45) is 0 Å². The summed E-state index contributed by atoms with van der Waals surface area (Å²) in [5.41, 5.74) is 2.77. The first-order valence-corrected chi connectivity index (χ1v) is 5.86. The molecule has 0 saturated carbocycles. The van der Waals surface area contributed by atoms with Crippen LogP contribution in [0.3, 0.4) is 0 Å². The van der Waals surface area contributed by atoms with Gasteiger partial charge < -0.3 is 5.32 Å². The Morgan fingerprint density at radius 1 is 1.11 bits per heavy atom. The van der Waals surface area contributed by atoms with E-state index in [9.17, 15) is 0 Å². The van der Waals surface area contributed by atoms with Crippen molar-refractivity contribution in [3.63, 3.8) is 0 Å². The predicted octanol–water partition coefficient (Wildman–Crippen LogP) is 3.00. The molecule has 0 amide bonds. The van der Waals surface area contributed by atoms with E-state index in [2.05, 4.69) is 22.4 Å². The van der Waals surface area contributed by atoms with Crippen LogP contribution in [0, 0.1) is 22.7 Å². The molecule has 0 fully saturated rings. The van der Waals surface area contributed by atoms with Gasteiger partial charge in [-0.25, -0.2) is 4.98 Å². The highest BCUT2D eigenvalue weighted by Gasteiger charge is 2.08. The van der Waals surface area contributed by atoms with Gasteiger partial charge in [-0.05, 0) is 36.8 Å². The molecule has 2 rings (SSSR count). The lowest BCUT2D eigenvalue weighted by atomic mass is 10.1. The Kier molecular flexibility index (Phi) is 3.75. The van der Waals surface area contributed by atoms with Crippen molar-refractivity contribution in [1.82, 2.24) is 4.98 Å². The van der Waals surface area contributed by atoms with Crippen molar-refractivity contribution in [1.29, 1.82) is 10.5 Å². The number of rotatable bonds is 3. The second-order valence-corrected chi connectivity index (χ2v) is 4.11. The molecule has 0 aliphatic carbocycles. The van der Waals surface area contributed by atoms with E-state index in [0.29, 0.717) is 16.9 Å². The first kappa shape index (κ1) is 12.6. The fourth-order valence-electron chi connectivity index (χ4n) is 1.77. The SMILES string of the molecule is CC(Nc1cccnc1C#N)c1ccc(C#N)cc1. The Bertz CT molecular complexity index is 647. The van der Waals surface area contributed by atoms with Gasteiger partial charge in [0.2, 0.25) is 0 Å². The van der Waals surface area contributed by atoms with Crippen molar-refractivity contribution in [2.75, 3.05) is 5.32 Å². The summed E-state index contributed by atoms with van der Waals surface area (Å²) in [6, 6.07) is 15.1. The second kappa shape index (κ2) is 5.66. The zero-order valence-electron chi connectivity index (χ0n) is 10.5. The minimum atomic E-state index is 0.0315. The molecule has 0 aliphatic heterocycles. The molecular weight excluding hydrogens is 236 g/mol. The summed E-state index contributed by atoms with van der Waals surface area (Å²) in [4.78, 5) is 4.00. The van der Waals surface area contributed by atoms with E-state index in [-0.39, 0.29) is 6.04 Å². The number of anilines is 1. The highest BCUT2D eigenvalue weighted by atomic mass is 14.9. The van der Waals surface area contributed by atoms with Crippen molar-refractivity contribution in [3.8, 4) is 12.1 Å². The van der Waals surface area contributed by atoms with Gasteiger partial charge in [-0.1, -0.05) is 12.1 Å². The van der Waals surface area contributed by atoms with E-state index in [4.69, 9.17) is 10.5 Å². The molecule has 0 spiro atoms. The largest absolute Gasteiger partial charge is 0.376 e. The van der Waals surface area contributed by atoms with Gasteiger partial charge in [-0.2, -0.15) is 10.5 Å². The van der Waals surface area contributed by atoms with Gasteiger partial charge in [0, 0.05) is 12.2 Å². The molecule has 1 atom stereocenters. The molecule has 1 unspecified atom stereocenters. The highest BCUT2D eigenvalue weighted by molar-refractivity contribution is 5.54. The average Bonchev–Trinajstić information content (AvgIpc) is 2.48. The third kappa shape index (κ3) is 2.88. The van der Waals surface area contributed by atoms with Gasteiger partial charge in [0.05, 0.1) is 17.3 Å². The minimum absolute atomic E-state index is 0.0315. The average molecular weight is 248 g/mol. The van der Waals surface area contributed by atoms with Crippen LogP contribution in [-0.4, -0.2) is 4.98 Å². The van der Waals surface area contributed by atoms with Crippen molar-refractivity contribution < 1.29 is 0 Å². The number of benzene rings is 1. The molecule has 1 aromatic heterocycles. The van der Waals surface area contributed by atoms with Gasteiger partial charge in [0.15, 0.2) is 5.69 Å². The molecule has 19 heavy (non-hydrogen) atoms. The zero-order chi connectivity index (χ0) is 13.7. The smallest absolute Gasteiger partial charge is 0.163 e. The molecule has 4 nitrogen and oxygen atoms in total. The summed E-state index contributed by atoms with van der Waals surface area (Å²) >= 11 is 0. The summed E-state index contributed by atoms with van der Waals surface area (Å²) in [6.07, 6.45) is 1.59. The maximum absolute atomic E-state index is 8.98. The van der Waals surface area contributed by atoms with Gasteiger partial charge in [-0.3, -0.25) is 0 Å². The van der Waals surface area contributed by atoms with Crippen LogP contribution in [0.15, 0.2) is 42.6 Å². The van der Waals surface area contributed by atoms with Crippen LogP contribution in [0.25, 0.3) is 0 Å². The normalized spacial score (nSPS) is 11.1. The molecule has 1 aromatic carbocycles. The van der Waals surface area contributed by atoms with Gasteiger partial charge in [0.25, 0.3) is 0 Å². The lowest BCUT2D eigenvalue weighted by Gasteiger charge is -2.16. The fourth-order valence-corrected chi connectivity index (χ4v) is 1.77. The second-order valence-electron chi connectivity index (χ2n) is 4.11. The Morgan fingerprint density at radius 3 is 2.47 bits per heavy atom. The molecule has 0 aliphatic rings. The van der Waals surface area contributed by atoms with Gasteiger partial charge in [-0.15, -0.1) is 0 Å². The van der Waals surface area contributed by atoms with E-state index in [1.54, 1.807) is 24.4 Å². The summed E-state index contributed by atoms with van der Waals surface area (Å²) in [6.45, 7) is 2.00. The number of nitriles is 2. The van der Waals surface area contributed by atoms with E-state index >= 15 is 0 Å². The predicted molar refractivity (Wildman–Crippen MR) is 72.1 cm³/mol. The van der Waals surface area contributed by atoms with E-state index < -0.39 is 0 Å². The number of nitrogens with zero attached hydrogens (tertiary/aromatic N) is 3. The van der Waals surface area contributed by atoms with Crippen LogP contribution in [0.1, 0.15) is 29.8 Å². The molecule has 1 N–H and O–H groups in total. The summed E-state index contributed by atoms with van der Waals surface area (Å²) in [7, 11) is 0.